The van der Waals surface area contributed by atoms with Crippen molar-refractivity contribution in [3.05, 3.63) is 45.7 Å². The Morgan fingerprint density at radius 1 is 1.40 bits per heavy atom. The second-order valence-corrected chi connectivity index (χ2v) is 5.51. The number of aryl methyl sites for hydroxylation is 2. The van der Waals surface area contributed by atoms with Crippen LogP contribution in [-0.2, 0) is 13.5 Å². The maximum atomic E-state index is 6.18. The van der Waals surface area contributed by atoms with E-state index >= 15 is 0 Å². The molecule has 0 aliphatic heterocycles. The molecule has 0 saturated carbocycles. The average Bonchev–Trinajstić information content (AvgIpc) is 2.63. The van der Waals surface area contributed by atoms with Gasteiger partial charge in [-0.25, -0.2) is 0 Å². The van der Waals surface area contributed by atoms with Crippen LogP contribution < -0.4 is 10.5 Å². The van der Waals surface area contributed by atoms with Gasteiger partial charge in [0.15, 0.2) is 0 Å². The first-order valence-electron chi connectivity index (χ1n) is 6.29. The Morgan fingerprint density at radius 2 is 2.15 bits per heavy atom. The van der Waals surface area contributed by atoms with E-state index in [1.807, 2.05) is 26.1 Å². The molecular weight excluding hydrogens is 297 g/mol. The van der Waals surface area contributed by atoms with Gasteiger partial charge in [-0.1, -0.05) is 29.3 Å². The van der Waals surface area contributed by atoms with Crippen LogP contribution in [0, 0.1) is 6.92 Å². The first-order valence-corrected chi connectivity index (χ1v) is 7.05. The van der Waals surface area contributed by atoms with Crippen molar-refractivity contribution in [2.24, 2.45) is 12.8 Å². The third kappa shape index (κ3) is 3.66. The highest BCUT2D eigenvalue weighted by atomic mass is 35.5. The van der Waals surface area contributed by atoms with Crippen molar-refractivity contribution in [3.63, 3.8) is 0 Å². The zero-order valence-electron chi connectivity index (χ0n) is 11.4. The summed E-state index contributed by atoms with van der Waals surface area (Å²) in [6, 6.07) is 7.09. The summed E-state index contributed by atoms with van der Waals surface area (Å²) in [5.41, 5.74) is 7.95. The molecule has 1 aromatic carbocycles. The molecular formula is C14H17Cl2N3O. The van der Waals surface area contributed by atoms with E-state index in [2.05, 4.69) is 5.10 Å². The lowest BCUT2D eigenvalue weighted by Crippen LogP contribution is -2.30. The Balaban J connectivity index is 1.94. The molecule has 0 aliphatic rings. The highest BCUT2D eigenvalue weighted by Gasteiger charge is 2.15. The molecule has 1 heterocycles. The molecule has 0 spiro atoms. The molecule has 1 aromatic heterocycles. The van der Waals surface area contributed by atoms with E-state index in [4.69, 9.17) is 33.7 Å². The monoisotopic (exact) mass is 313 g/mol. The van der Waals surface area contributed by atoms with E-state index < -0.39 is 0 Å². The van der Waals surface area contributed by atoms with E-state index in [1.165, 1.54) is 0 Å². The molecule has 2 N–H and O–H groups in total. The van der Waals surface area contributed by atoms with E-state index in [0.29, 0.717) is 29.0 Å². The zero-order valence-corrected chi connectivity index (χ0v) is 12.9. The summed E-state index contributed by atoms with van der Waals surface area (Å²) >= 11 is 12.1. The predicted octanol–water partition coefficient (Wildman–Crippen LogP) is 2.98. The topological polar surface area (TPSA) is 53.1 Å². The summed E-state index contributed by atoms with van der Waals surface area (Å²) in [4.78, 5) is 0. The summed E-state index contributed by atoms with van der Waals surface area (Å²) in [6.07, 6.45) is 0.624. The number of ether oxygens (including phenoxy) is 1. The van der Waals surface area contributed by atoms with Crippen molar-refractivity contribution in [2.75, 3.05) is 6.61 Å². The molecule has 2 aromatic rings. The quantitative estimate of drug-likeness (QED) is 0.923. The summed E-state index contributed by atoms with van der Waals surface area (Å²) in [7, 11) is 1.81. The Labute approximate surface area is 128 Å². The lowest BCUT2D eigenvalue weighted by atomic mass is 10.1. The molecule has 2 rings (SSSR count). The Bertz CT molecular complexity index is 598. The molecule has 0 fully saturated rings. The summed E-state index contributed by atoms with van der Waals surface area (Å²) in [5, 5.41) is 5.53. The fourth-order valence-corrected chi connectivity index (χ4v) is 2.42. The minimum Gasteiger partial charge on any atom is -0.492 e. The van der Waals surface area contributed by atoms with Gasteiger partial charge in [-0.3, -0.25) is 4.68 Å². The smallest absolute Gasteiger partial charge is 0.130 e. The van der Waals surface area contributed by atoms with E-state index in [0.717, 1.165) is 11.3 Å². The third-order valence-electron chi connectivity index (χ3n) is 3.00. The zero-order chi connectivity index (χ0) is 14.7. The number of halogens is 2. The van der Waals surface area contributed by atoms with Gasteiger partial charge in [0.1, 0.15) is 17.5 Å². The first kappa shape index (κ1) is 15.2. The van der Waals surface area contributed by atoms with E-state index in [-0.39, 0.29) is 6.04 Å². The van der Waals surface area contributed by atoms with Crippen molar-refractivity contribution in [2.45, 2.75) is 19.4 Å². The Kier molecular flexibility index (Phi) is 4.91. The van der Waals surface area contributed by atoms with Crippen LogP contribution in [0.5, 0.6) is 5.75 Å². The van der Waals surface area contributed by atoms with Crippen LogP contribution in [0.15, 0.2) is 24.3 Å². The van der Waals surface area contributed by atoms with Crippen molar-refractivity contribution >= 4 is 23.2 Å². The van der Waals surface area contributed by atoms with Crippen molar-refractivity contribution in [1.29, 1.82) is 0 Å². The van der Waals surface area contributed by atoms with Crippen LogP contribution in [0.4, 0.5) is 0 Å². The van der Waals surface area contributed by atoms with E-state index in [1.54, 1.807) is 16.8 Å². The predicted molar refractivity (Wildman–Crippen MR) is 81.6 cm³/mol. The lowest BCUT2D eigenvalue weighted by molar-refractivity contribution is 0.287. The summed E-state index contributed by atoms with van der Waals surface area (Å²) < 4.78 is 7.28. The van der Waals surface area contributed by atoms with Crippen LogP contribution in [0.1, 0.15) is 11.3 Å². The molecule has 1 unspecified atom stereocenters. The van der Waals surface area contributed by atoms with Crippen molar-refractivity contribution in [1.82, 2.24) is 9.78 Å². The lowest BCUT2D eigenvalue weighted by Gasteiger charge is -2.13. The van der Waals surface area contributed by atoms with Gasteiger partial charge in [-0.2, -0.15) is 5.10 Å². The molecule has 4 nitrogen and oxygen atoms in total. The summed E-state index contributed by atoms with van der Waals surface area (Å²) in [6.45, 7) is 2.32. The Hall–Kier alpha value is -1.23. The largest absolute Gasteiger partial charge is 0.492 e. The highest BCUT2D eigenvalue weighted by Crippen LogP contribution is 2.21. The van der Waals surface area contributed by atoms with Crippen LogP contribution >= 0.6 is 23.2 Å². The minimum absolute atomic E-state index is 0.158. The maximum Gasteiger partial charge on any atom is 0.130 e. The van der Waals surface area contributed by atoms with Gasteiger partial charge >= 0.3 is 0 Å². The van der Waals surface area contributed by atoms with Gasteiger partial charge in [-0.15, -0.1) is 0 Å². The highest BCUT2D eigenvalue weighted by molar-refractivity contribution is 6.30. The fourth-order valence-electron chi connectivity index (χ4n) is 1.99. The van der Waals surface area contributed by atoms with Crippen molar-refractivity contribution in [3.8, 4) is 5.75 Å². The molecule has 0 bridgehead atoms. The molecule has 0 amide bonds. The molecule has 108 valence electrons. The molecule has 0 radical (unpaired) electrons. The molecule has 20 heavy (non-hydrogen) atoms. The third-order valence-corrected chi connectivity index (χ3v) is 3.70. The number of rotatable bonds is 5. The van der Waals surface area contributed by atoms with Crippen LogP contribution in [0.3, 0.4) is 0 Å². The maximum absolute atomic E-state index is 6.18. The number of benzene rings is 1. The fraction of sp³-hybridized carbons (Fsp3) is 0.357. The number of hydrogen-bond donors (Lipinski definition) is 1. The van der Waals surface area contributed by atoms with Crippen LogP contribution in [0.2, 0.25) is 10.2 Å². The molecule has 1 atom stereocenters. The van der Waals surface area contributed by atoms with Gasteiger partial charge in [0, 0.05) is 23.7 Å². The SMILES string of the molecule is Cc1nn(C)c(Cl)c1CC(N)COc1cccc(Cl)c1. The van der Waals surface area contributed by atoms with Gasteiger partial charge in [0.25, 0.3) is 0 Å². The number of hydrogen-bond acceptors (Lipinski definition) is 3. The van der Waals surface area contributed by atoms with Crippen molar-refractivity contribution < 1.29 is 4.74 Å². The minimum atomic E-state index is -0.158. The molecule has 0 saturated heterocycles. The number of nitrogens with two attached hydrogens (primary N) is 1. The second-order valence-electron chi connectivity index (χ2n) is 4.71. The van der Waals surface area contributed by atoms with E-state index in [9.17, 15) is 0 Å². The van der Waals surface area contributed by atoms with Gasteiger partial charge in [0.05, 0.1) is 5.69 Å². The van der Waals surface area contributed by atoms with Gasteiger partial charge < -0.3 is 10.5 Å². The standard InChI is InChI=1S/C14H17Cl2N3O/c1-9-13(14(16)19(2)18-9)7-11(17)8-20-12-5-3-4-10(15)6-12/h3-6,11H,7-8,17H2,1-2H3. The molecule has 6 heteroatoms. The normalized spacial score (nSPS) is 12.4. The van der Waals surface area contributed by atoms with Gasteiger partial charge in [0.2, 0.25) is 0 Å². The average molecular weight is 314 g/mol. The molecule has 0 aliphatic carbocycles. The Morgan fingerprint density at radius 3 is 2.75 bits per heavy atom. The number of aromatic nitrogens is 2. The van der Waals surface area contributed by atoms with Crippen LogP contribution in [-0.4, -0.2) is 22.4 Å². The first-order chi connectivity index (χ1) is 9.47. The van der Waals surface area contributed by atoms with Gasteiger partial charge in [-0.05, 0) is 31.5 Å². The van der Waals surface area contributed by atoms with Crippen LogP contribution in [0.25, 0.3) is 0 Å². The second kappa shape index (κ2) is 6.48. The number of nitrogens with zero attached hydrogens (tertiary/aromatic N) is 2. The summed E-state index contributed by atoms with van der Waals surface area (Å²) in [5.74, 6) is 0.710.